The van der Waals surface area contributed by atoms with Gasteiger partial charge in [-0.3, -0.25) is 9.89 Å². The second kappa shape index (κ2) is 5.48. The molecule has 0 radical (unpaired) electrons. The Hall–Kier alpha value is -1.75. The van der Waals surface area contributed by atoms with E-state index in [1.807, 2.05) is 25.3 Å². The largest absolute Gasteiger partial charge is 0.344 e. The molecule has 0 aliphatic heterocycles. The van der Waals surface area contributed by atoms with Crippen molar-refractivity contribution in [3.63, 3.8) is 0 Å². The van der Waals surface area contributed by atoms with Gasteiger partial charge in [-0.2, -0.15) is 5.10 Å². The van der Waals surface area contributed by atoms with Crippen LogP contribution in [0.25, 0.3) is 0 Å². The molecule has 19 heavy (non-hydrogen) atoms. The van der Waals surface area contributed by atoms with Gasteiger partial charge in [0.2, 0.25) is 0 Å². The van der Waals surface area contributed by atoms with Crippen LogP contribution in [0.4, 0.5) is 0 Å². The van der Waals surface area contributed by atoms with Crippen molar-refractivity contribution in [2.75, 3.05) is 0 Å². The molecular formula is C13H17ClN4O. The molecule has 6 heteroatoms. The molecule has 2 heterocycles. The summed E-state index contributed by atoms with van der Waals surface area (Å²) in [6.07, 6.45) is 5.22. The third-order valence-corrected chi connectivity index (χ3v) is 3.18. The molecule has 2 aromatic heterocycles. The van der Waals surface area contributed by atoms with E-state index in [0.29, 0.717) is 10.7 Å². The minimum absolute atomic E-state index is 0.111. The van der Waals surface area contributed by atoms with Gasteiger partial charge in [0, 0.05) is 24.0 Å². The summed E-state index contributed by atoms with van der Waals surface area (Å²) in [4.78, 5) is 12.3. The van der Waals surface area contributed by atoms with Crippen molar-refractivity contribution in [1.82, 2.24) is 20.1 Å². The van der Waals surface area contributed by atoms with Crippen LogP contribution in [-0.2, 0) is 0 Å². The lowest BCUT2D eigenvalue weighted by Crippen LogP contribution is -2.28. The van der Waals surface area contributed by atoms with Gasteiger partial charge in [-0.1, -0.05) is 11.6 Å². The summed E-state index contributed by atoms with van der Waals surface area (Å²) in [6, 6.07) is 1.75. The van der Waals surface area contributed by atoms with E-state index in [9.17, 15) is 4.79 Å². The smallest absolute Gasteiger partial charge is 0.268 e. The van der Waals surface area contributed by atoms with Crippen molar-refractivity contribution in [3.05, 3.63) is 40.9 Å². The lowest BCUT2D eigenvalue weighted by Gasteiger charge is -2.15. The van der Waals surface area contributed by atoms with Gasteiger partial charge in [0.25, 0.3) is 5.91 Å². The molecule has 2 N–H and O–H groups in total. The molecule has 0 aliphatic rings. The number of aromatic nitrogens is 3. The molecule has 1 unspecified atom stereocenters. The molecular weight excluding hydrogens is 264 g/mol. The van der Waals surface area contributed by atoms with Crippen molar-refractivity contribution in [3.8, 4) is 0 Å². The molecule has 0 aliphatic carbocycles. The minimum atomic E-state index is -0.144. The maximum atomic E-state index is 12.3. The summed E-state index contributed by atoms with van der Waals surface area (Å²) < 4.78 is 1.86. The maximum absolute atomic E-state index is 12.3. The van der Waals surface area contributed by atoms with Gasteiger partial charge in [0.15, 0.2) is 0 Å². The lowest BCUT2D eigenvalue weighted by molar-refractivity contribution is 0.0929. The van der Waals surface area contributed by atoms with E-state index in [1.165, 1.54) is 0 Å². The van der Waals surface area contributed by atoms with Crippen LogP contribution in [-0.4, -0.2) is 20.7 Å². The fourth-order valence-electron chi connectivity index (χ4n) is 1.91. The summed E-state index contributed by atoms with van der Waals surface area (Å²) in [5.41, 5.74) is 1.50. The fraction of sp³-hybridized carbons (Fsp3) is 0.385. The van der Waals surface area contributed by atoms with Crippen LogP contribution in [0, 0.1) is 0 Å². The topological polar surface area (TPSA) is 62.7 Å². The van der Waals surface area contributed by atoms with Gasteiger partial charge in [-0.25, -0.2) is 0 Å². The van der Waals surface area contributed by atoms with Gasteiger partial charge in [0.05, 0.1) is 17.3 Å². The second-order valence-electron chi connectivity index (χ2n) is 4.77. The molecule has 0 saturated carbocycles. The van der Waals surface area contributed by atoms with E-state index in [4.69, 9.17) is 11.6 Å². The van der Waals surface area contributed by atoms with Gasteiger partial charge >= 0.3 is 0 Å². The predicted octanol–water partition coefficient (Wildman–Crippen LogP) is 2.94. The Labute approximate surface area is 117 Å². The van der Waals surface area contributed by atoms with E-state index in [1.54, 1.807) is 24.7 Å². The van der Waals surface area contributed by atoms with E-state index in [2.05, 4.69) is 15.5 Å². The molecule has 102 valence electrons. The van der Waals surface area contributed by atoms with Gasteiger partial charge in [-0.15, -0.1) is 0 Å². The zero-order valence-electron chi connectivity index (χ0n) is 11.1. The Bertz CT molecular complexity index is 559. The molecule has 2 aromatic rings. The predicted molar refractivity (Wildman–Crippen MR) is 74.3 cm³/mol. The summed E-state index contributed by atoms with van der Waals surface area (Å²) in [5, 5.41) is 10.1. The Morgan fingerprint density at radius 3 is 2.79 bits per heavy atom. The van der Waals surface area contributed by atoms with E-state index < -0.39 is 0 Å². The Balaban J connectivity index is 2.16. The normalized spacial score (nSPS) is 12.7. The van der Waals surface area contributed by atoms with Crippen LogP contribution in [0.1, 0.15) is 48.9 Å². The van der Waals surface area contributed by atoms with Crippen LogP contribution in [0.3, 0.4) is 0 Å². The molecule has 0 bridgehead atoms. The first-order valence-corrected chi connectivity index (χ1v) is 6.53. The monoisotopic (exact) mass is 280 g/mol. The highest BCUT2D eigenvalue weighted by molar-refractivity contribution is 6.31. The average Bonchev–Trinajstić information content (AvgIpc) is 2.96. The van der Waals surface area contributed by atoms with Crippen molar-refractivity contribution >= 4 is 17.5 Å². The van der Waals surface area contributed by atoms with Crippen LogP contribution >= 0.6 is 11.6 Å². The molecule has 0 saturated heterocycles. The zero-order chi connectivity index (χ0) is 14.0. The number of H-pyrrole nitrogens is 1. The number of aromatic amines is 1. The summed E-state index contributed by atoms with van der Waals surface area (Å²) in [6.45, 7) is 5.92. The SMILES string of the molecule is CC(NC(=O)c1cc(Cl)cn1C(C)C)c1cn[nH]c1. The van der Waals surface area contributed by atoms with E-state index in [-0.39, 0.29) is 18.0 Å². The van der Waals surface area contributed by atoms with Crippen LogP contribution in [0.2, 0.25) is 5.02 Å². The summed E-state index contributed by atoms with van der Waals surface area (Å²) >= 11 is 5.97. The van der Waals surface area contributed by atoms with E-state index in [0.717, 1.165) is 5.56 Å². The van der Waals surface area contributed by atoms with E-state index >= 15 is 0 Å². The number of hydrogen-bond acceptors (Lipinski definition) is 2. The first-order valence-electron chi connectivity index (χ1n) is 6.16. The second-order valence-corrected chi connectivity index (χ2v) is 5.21. The quantitative estimate of drug-likeness (QED) is 0.904. The van der Waals surface area contributed by atoms with Crippen LogP contribution in [0.5, 0.6) is 0 Å². The molecule has 0 aromatic carbocycles. The number of amides is 1. The minimum Gasteiger partial charge on any atom is -0.344 e. The van der Waals surface area contributed by atoms with Crippen molar-refractivity contribution in [2.45, 2.75) is 32.9 Å². The maximum Gasteiger partial charge on any atom is 0.268 e. The molecule has 0 spiro atoms. The average molecular weight is 281 g/mol. The first-order chi connectivity index (χ1) is 8.99. The van der Waals surface area contributed by atoms with Gasteiger partial charge < -0.3 is 9.88 Å². The summed E-state index contributed by atoms with van der Waals surface area (Å²) in [7, 11) is 0. The summed E-state index contributed by atoms with van der Waals surface area (Å²) in [5.74, 6) is -0.144. The van der Waals surface area contributed by atoms with Crippen LogP contribution in [0.15, 0.2) is 24.7 Å². The number of rotatable bonds is 4. The highest BCUT2D eigenvalue weighted by Crippen LogP contribution is 2.20. The number of carbonyl (C=O) groups is 1. The number of nitrogens with one attached hydrogen (secondary N) is 2. The third-order valence-electron chi connectivity index (χ3n) is 2.97. The standard InChI is InChI=1S/C13H17ClN4O/c1-8(2)18-7-11(14)4-12(18)13(19)17-9(3)10-5-15-16-6-10/h4-9H,1-3H3,(H,15,16)(H,17,19). The number of hydrogen-bond donors (Lipinski definition) is 2. The first kappa shape index (κ1) is 13.7. The third kappa shape index (κ3) is 2.98. The fourth-order valence-corrected chi connectivity index (χ4v) is 2.11. The van der Waals surface area contributed by atoms with Crippen molar-refractivity contribution in [2.24, 2.45) is 0 Å². The van der Waals surface area contributed by atoms with Gasteiger partial charge in [-0.05, 0) is 26.8 Å². The molecule has 1 atom stereocenters. The molecule has 2 rings (SSSR count). The lowest BCUT2D eigenvalue weighted by atomic mass is 10.2. The number of carbonyl (C=O) groups excluding carboxylic acids is 1. The van der Waals surface area contributed by atoms with Crippen molar-refractivity contribution in [1.29, 1.82) is 0 Å². The van der Waals surface area contributed by atoms with Crippen molar-refractivity contribution < 1.29 is 4.79 Å². The molecule has 0 fully saturated rings. The number of nitrogens with zero attached hydrogens (tertiary/aromatic N) is 2. The molecule has 5 nitrogen and oxygen atoms in total. The van der Waals surface area contributed by atoms with Gasteiger partial charge in [0.1, 0.15) is 5.69 Å². The highest BCUT2D eigenvalue weighted by atomic mass is 35.5. The number of halogens is 1. The zero-order valence-corrected chi connectivity index (χ0v) is 11.9. The molecule has 1 amide bonds. The Morgan fingerprint density at radius 2 is 2.21 bits per heavy atom. The Morgan fingerprint density at radius 1 is 1.47 bits per heavy atom. The highest BCUT2D eigenvalue weighted by Gasteiger charge is 2.17. The Kier molecular flexibility index (Phi) is 3.95. The van der Waals surface area contributed by atoms with Crippen LogP contribution < -0.4 is 5.32 Å².